The maximum absolute atomic E-state index is 12.1. The van der Waals surface area contributed by atoms with Gasteiger partial charge < -0.3 is 10.6 Å². The molecule has 1 aromatic rings. The monoisotopic (exact) mass is 282 g/mol. The zero-order chi connectivity index (χ0) is 13.0. The lowest BCUT2D eigenvalue weighted by Crippen LogP contribution is -2.45. The van der Waals surface area contributed by atoms with Gasteiger partial charge in [0.2, 0.25) is 0 Å². The minimum atomic E-state index is 0. The van der Waals surface area contributed by atoms with Crippen molar-refractivity contribution < 1.29 is 4.79 Å². The van der Waals surface area contributed by atoms with Gasteiger partial charge in [-0.25, -0.2) is 0 Å². The molecule has 0 spiro atoms. The number of rotatable bonds is 3. The van der Waals surface area contributed by atoms with Crippen molar-refractivity contribution >= 4 is 18.3 Å². The highest BCUT2D eigenvalue weighted by Crippen LogP contribution is 2.14. The van der Waals surface area contributed by atoms with Gasteiger partial charge in [-0.3, -0.25) is 4.79 Å². The Balaban J connectivity index is 0.00000180. The van der Waals surface area contributed by atoms with Gasteiger partial charge in [0, 0.05) is 18.2 Å². The van der Waals surface area contributed by atoms with E-state index in [4.69, 9.17) is 0 Å². The molecule has 0 unspecified atom stereocenters. The molecule has 0 radical (unpaired) electrons. The second-order valence-electron chi connectivity index (χ2n) is 5.29. The standard InChI is InChI=1S/C15H22N2O.ClH/c1-11(2)12-5-7-13(8-6-12)15(18)17-14-4-3-9-16-10-14;/h5-8,11,14,16H,3-4,9-10H2,1-2H3,(H,17,18);1H/t14-;/m1./s1. The van der Waals surface area contributed by atoms with E-state index in [9.17, 15) is 4.79 Å². The summed E-state index contributed by atoms with van der Waals surface area (Å²) in [5.74, 6) is 0.545. The lowest BCUT2D eigenvalue weighted by molar-refractivity contribution is 0.0930. The Hall–Kier alpha value is -1.06. The number of amides is 1. The first kappa shape index (κ1) is 16.0. The molecule has 0 aromatic heterocycles. The van der Waals surface area contributed by atoms with Gasteiger partial charge in [-0.05, 0) is 43.0 Å². The topological polar surface area (TPSA) is 41.1 Å². The van der Waals surface area contributed by atoms with E-state index in [-0.39, 0.29) is 24.4 Å². The number of benzene rings is 1. The van der Waals surface area contributed by atoms with Gasteiger partial charge in [0.1, 0.15) is 0 Å². The molecule has 0 bridgehead atoms. The van der Waals surface area contributed by atoms with Gasteiger partial charge in [0.15, 0.2) is 0 Å². The lowest BCUT2D eigenvalue weighted by atomic mass is 10.0. The highest BCUT2D eigenvalue weighted by molar-refractivity contribution is 5.94. The van der Waals surface area contributed by atoms with E-state index in [0.717, 1.165) is 31.5 Å². The van der Waals surface area contributed by atoms with Crippen molar-refractivity contribution in [2.24, 2.45) is 0 Å². The third kappa shape index (κ3) is 4.51. The van der Waals surface area contributed by atoms with Crippen LogP contribution >= 0.6 is 12.4 Å². The first-order valence-electron chi connectivity index (χ1n) is 6.78. The average Bonchev–Trinajstić information content (AvgIpc) is 2.40. The summed E-state index contributed by atoms with van der Waals surface area (Å²) in [4.78, 5) is 12.1. The molecule has 1 atom stereocenters. The summed E-state index contributed by atoms with van der Waals surface area (Å²) in [5, 5.41) is 6.38. The quantitative estimate of drug-likeness (QED) is 0.895. The third-order valence-electron chi connectivity index (χ3n) is 3.47. The molecule has 1 fully saturated rings. The SMILES string of the molecule is CC(C)c1ccc(C(=O)N[C@@H]2CCCNC2)cc1.Cl. The van der Waals surface area contributed by atoms with Gasteiger partial charge in [-0.15, -0.1) is 12.4 Å². The number of hydrogen-bond acceptors (Lipinski definition) is 2. The predicted molar refractivity (Wildman–Crippen MR) is 81.1 cm³/mol. The molecule has 3 nitrogen and oxygen atoms in total. The maximum atomic E-state index is 12.1. The summed E-state index contributed by atoms with van der Waals surface area (Å²) in [6.45, 7) is 6.26. The van der Waals surface area contributed by atoms with Crippen LogP contribution in [0.1, 0.15) is 48.5 Å². The fourth-order valence-electron chi connectivity index (χ4n) is 2.26. The van der Waals surface area contributed by atoms with Crippen LogP contribution in [0.4, 0.5) is 0 Å². The van der Waals surface area contributed by atoms with E-state index in [0.29, 0.717) is 5.92 Å². The second-order valence-corrected chi connectivity index (χ2v) is 5.29. The van der Waals surface area contributed by atoms with E-state index in [2.05, 4.69) is 24.5 Å². The molecule has 2 rings (SSSR count). The van der Waals surface area contributed by atoms with Crippen LogP contribution in [0, 0.1) is 0 Å². The highest BCUT2D eigenvalue weighted by Gasteiger charge is 2.16. The summed E-state index contributed by atoms with van der Waals surface area (Å²) in [6, 6.07) is 8.19. The van der Waals surface area contributed by atoms with Crippen molar-refractivity contribution in [2.75, 3.05) is 13.1 Å². The zero-order valence-electron chi connectivity index (χ0n) is 11.6. The zero-order valence-corrected chi connectivity index (χ0v) is 12.4. The Morgan fingerprint density at radius 1 is 1.32 bits per heavy atom. The van der Waals surface area contributed by atoms with Gasteiger partial charge in [0.25, 0.3) is 5.91 Å². The molecule has 0 saturated carbocycles. The van der Waals surface area contributed by atoms with Gasteiger partial charge in [0.05, 0.1) is 0 Å². The number of carbonyl (C=O) groups excluding carboxylic acids is 1. The molecule has 1 aliphatic rings. The summed E-state index contributed by atoms with van der Waals surface area (Å²) in [7, 11) is 0. The molecule has 1 heterocycles. The minimum absolute atomic E-state index is 0. The molecular weight excluding hydrogens is 260 g/mol. The summed E-state index contributed by atoms with van der Waals surface area (Å²) < 4.78 is 0. The molecule has 19 heavy (non-hydrogen) atoms. The fourth-order valence-corrected chi connectivity index (χ4v) is 2.26. The Labute approximate surface area is 121 Å². The van der Waals surface area contributed by atoms with Gasteiger partial charge in [-0.1, -0.05) is 26.0 Å². The Morgan fingerprint density at radius 2 is 2.00 bits per heavy atom. The highest BCUT2D eigenvalue weighted by atomic mass is 35.5. The van der Waals surface area contributed by atoms with Crippen molar-refractivity contribution in [2.45, 2.75) is 38.6 Å². The van der Waals surface area contributed by atoms with Crippen molar-refractivity contribution in [3.8, 4) is 0 Å². The first-order chi connectivity index (χ1) is 8.66. The minimum Gasteiger partial charge on any atom is -0.348 e. The molecule has 0 aliphatic carbocycles. The van der Waals surface area contributed by atoms with Crippen LogP contribution in [-0.4, -0.2) is 25.0 Å². The molecule has 4 heteroatoms. The normalized spacial score (nSPS) is 18.8. The van der Waals surface area contributed by atoms with Gasteiger partial charge >= 0.3 is 0 Å². The van der Waals surface area contributed by atoms with Crippen molar-refractivity contribution in [1.29, 1.82) is 0 Å². The molecule has 1 aliphatic heterocycles. The second kappa shape index (κ2) is 7.51. The Morgan fingerprint density at radius 3 is 2.53 bits per heavy atom. The van der Waals surface area contributed by atoms with Crippen LogP contribution in [-0.2, 0) is 0 Å². The van der Waals surface area contributed by atoms with Gasteiger partial charge in [-0.2, -0.15) is 0 Å². The van der Waals surface area contributed by atoms with E-state index < -0.39 is 0 Å². The third-order valence-corrected chi connectivity index (χ3v) is 3.47. The Bertz CT molecular complexity index is 397. The molecule has 2 N–H and O–H groups in total. The molecule has 1 amide bonds. The van der Waals surface area contributed by atoms with E-state index in [1.54, 1.807) is 0 Å². The first-order valence-corrected chi connectivity index (χ1v) is 6.78. The van der Waals surface area contributed by atoms with Crippen molar-refractivity contribution in [3.05, 3.63) is 35.4 Å². The maximum Gasteiger partial charge on any atom is 0.251 e. The fraction of sp³-hybridized carbons (Fsp3) is 0.533. The summed E-state index contributed by atoms with van der Waals surface area (Å²) in [6.07, 6.45) is 2.21. The molecule has 1 aromatic carbocycles. The molecule has 1 saturated heterocycles. The Kier molecular flexibility index (Phi) is 6.32. The number of nitrogens with one attached hydrogen (secondary N) is 2. The van der Waals surface area contributed by atoms with E-state index >= 15 is 0 Å². The lowest BCUT2D eigenvalue weighted by Gasteiger charge is -2.23. The van der Waals surface area contributed by atoms with Crippen LogP contribution in [0.2, 0.25) is 0 Å². The largest absolute Gasteiger partial charge is 0.348 e. The van der Waals surface area contributed by atoms with Crippen LogP contribution in [0.15, 0.2) is 24.3 Å². The number of hydrogen-bond donors (Lipinski definition) is 2. The van der Waals surface area contributed by atoms with Crippen LogP contribution < -0.4 is 10.6 Å². The van der Waals surface area contributed by atoms with E-state index in [1.165, 1.54) is 5.56 Å². The predicted octanol–water partition coefficient (Wildman–Crippen LogP) is 2.71. The molecular formula is C15H23ClN2O. The smallest absolute Gasteiger partial charge is 0.251 e. The van der Waals surface area contributed by atoms with Crippen LogP contribution in [0.5, 0.6) is 0 Å². The number of carbonyl (C=O) groups is 1. The van der Waals surface area contributed by atoms with E-state index in [1.807, 2.05) is 24.3 Å². The number of piperidine rings is 1. The van der Waals surface area contributed by atoms with Crippen LogP contribution in [0.25, 0.3) is 0 Å². The van der Waals surface area contributed by atoms with Crippen molar-refractivity contribution in [1.82, 2.24) is 10.6 Å². The van der Waals surface area contributed by atoms with Crippen LogP contribution in [0.3, 0.4) is 0 Å². The average molecular weight is 283 g/mol. The molecule has 106 valence electrons. The summed E-state index contributed by atoms with van der Waals surface area (Å²) >= 11 is 0. The van der Waals surface area contributed by atoms with Crippen molar-refractivity contribution in [3.63, 3.8) is 0 Å². The number of halogens is 1. The summed E-state index contributed by atoms with van der Waals surface area (Å²) in [5.41, 5.74) is 2.02.